The van der Waals surface area contributed by atoms with Gasteiger partial charge in [-0.3, -0.25) is 9.88 Å². The molecule has 3 saturated heterocycles. The van der Waals surface area contributed by atoms with Crippen LogP contribution in [0.5, 0.6) is 5.75 Å². The van der Waals surface area contributed by atoms with Crippen molar-refractivity contribution in [1.29, 1.82) is 0 Å². The summed E-state index contributed by atoms with van der Waals surface area (Å²) in [6.07, 6.45) is 4.78. The molecule has 5 atom stereocenters. The van der Waals surface area contributed by atoms with Gasteiger partial charge in [0.1, 0.15) is 5.75 Å². The molecule has 1 N–H and O–H groups in total. The van der Waals surface area contributed by atoms with Crippen LogP contribution in [0.3, 0.4) is 0 Å². The van der Waals surface area contributed by atoms with E-state index in [-0.39, 0.29) is 5.54 Å². The summed E-state index contributed by atoms with van der Waals surface area (Å²) in [6.45, 7) is 11.8. The van der Waals surface area contributed by atoms with Crippen LogP contribution >= 0.6 is 0 Å². The molecule has 1 aromatic carbocycles. The summed E-state index contributed by atoms with van der Waals surface area (Å²) in [6, 6.07) is 7.95. The van der Waals surface area contributed by atoms with Gasteiger partial charge in [-0.2, -0.15) is 0 Å². The quantitative estimate of drug-likeness (QED) is 0.840. The van der Waals surface area contributed by atoms with E-state index in [0.717, 1.165) is 41.7 Å². The van der Waals surface area contributed by atoms with Crippen LogP contribution in [0, 0.1) is 11.3 Å². The van der Waals surface area contributed by atoms with Gasteiger partial charge in [0.25, 0.3) is 0 Å². The molecular formula is C23H32N2O2. The number of benzene rings is 1. The number of aromatic nitrogens is 1. The van der Waals surface area contributed by atoms with Crippen molar-refractivity contribution >= 4 is 10.9 Å². The van der Waals surface area contributed by atoms with Gasteiger partial charge < -0.3 is 9.84 Å². The van der Waals surface area contributed by atoms with Gasteiger partial charge in [0.15, 0.2) is 0 Å². The predicted octanol–water partition coefficient (Wildman–Crippen LogP) is 4.57. The van der Waals surface area contributed by atoms with Crippen LogP contribution < -0.4 is 4.74 Å². The molecule has 0 saturated carbocycles. The van der Waals surface area contributed by atoms with E-state index in [1.807, 2.05) is 37.4 Å². The van der Waals surface area contributed by atoms with Crippen molar-refractivity contribution < 1.29 is 9.84 Å². The van der Waals surface area contributed by atoms with Crippen LogP contribution in [0.15, 0.2) is 30.5 Å². The van der Waals surface area contributed by atoms with Crippen LogP contribution in [0.4, 0.5) is 0 Å². The molecule has 2 bridgehead atoms. The van der Waals surface area contributed by atoms with E-state index in [0.29, 0.717) is 17.9 Å². The monoisotopic (exact) mass is 368 g/mol. The Bertz CT molecular complexity index is 838. The zero-order chi connectivity index (χ0) is 19.2. The lowest BCUT2D eigenvalue weighted by Gasteiger charge is -2.61. The Morgan fingerprint density at radius 3 is 2.78 bits per heavy atom. The van der Waals surface area contributed by atoms with E-state index in [2.05, 4.69) is 30.7 Å². The lowest BCUT2D eigenvalue weighted by molar-refractivity contribution is -0.146. The molecule has 3 fully saturated rings. The number of piperidine rings is 3. The Morgan fingerprint density at radius 2 is 2.11 bits per heavy atom. The zero-order valence-corrected chi connectivity index (χ0v) is 17.0. The number of pyridine rings is 1. The Kier molecular flexibility index (Phi) is 4.68. The van der Waals surface area contributed by atoms with Crippen molar-refractivity contribution in [2.24, 2.45) is 11.3 Å². The number of fused-ring (bicyclic) bond motifs is 4. The second-order valence-corrected chi connectivity index (χ2v) is 8.89. The van der Waals surface area contributed by atoms with Crippen LogP contribution in [-0.2, 0) is 0 Å². The molecule has 0 aliphatic carbocycles. The molecule has 27 heavy (non-hydrogen) atoms. The largest absolute Gasteiger partial charge is 0.494 e. The van der Waals surface area contributed by atoms with E-state index in [1.54, 1.807) is 0 Å². The predicted molar refractivity (Wildman–Crippen MR) is 109 cm³/mol. The van der Waals surface area contributed by atoms with Gasteiger partial charge in [-0.15, -0.1) is 0 Å². The molecule has 146 valence electrons. The molecule has 3 aliphatic rings. The minimum Gasteiger partial charge on any atom is -0.494 e. The molecule has 2 unspecified atom stereocenters. The highest BCUT2D eigenvalue weighted by Gasteiger charge is 2.54. The first-order valence-corrected chi connectivity index (χ1v) is 10.4. The third kappa shape index (κ3) is 2.94. The summed E-state index contributed by atoms with van der Waals surface area (Å²) in [5, 5.41) is 12.6. The molecule has 0 spiro atoms. The first-order chi connectivity index (χ1) is 12.9. The number of aliphatic hydroxyl groups excluding tert-OH is 1. The third-order valence-electron chi connectivity index (χ3n) is 7.42. The van der Waals surface area contributed by atoms with E-state index in [4.69, 9.17) is 4.74 Å². The topological polar surface area (TPSA) is 45.6 Å². The fourth-order valence-corrected chi connectivity index (χ4v) is 5.38. The van der Waals surface area contributed by atoms with Crippen molar-refractivity contribution in [3.05, 3.63) is 36.0 Å². The summed E-state index contributed by atoms with van der Waals surface area (Å²) >= 11 is 0. The average molecular weight is 369 g/mol. The van der Waals surface area contributed by atoms with Crippen LogP contribution in [0.25, 0.3) is 10.9 Å². The van der Waals surface area contributed by atoms with E-state index in [9.17, 15) is 5.11 Å². The van der Waals surface area contributed by atoms with Gasteiger partial charge in [-0.05, 0) is 80.8 Å². The number of nitrogens with zero attached hydrogens (tertiary/aromatic N) is 2. The first kappa shape index (κ1) is 18.7. The number of hydrogen-bond acceptors (Lipinski definition) is 4. The lowest BCUT2D eigenvalue weighted by Crippen LogP contribution is -2.65. The molecule has 4 heterocycles. The minimum atomic E-state index is -0.538. The zero-order valence-electron chi connectivity index (χ0n) is 17.0. The van der Waals surface area contributed by atoms with E-state index >= 15 is 0 Å². The fraction of sp³-hybridized carbons (Fsp3) is 0.609. The maximum absolute atomic E-state index is 11.6. The van der Waals surface area contributed by atoms with Crippen molar-refractivity contribution in [3.8, 4) is 5.75 Å². The van der Waals surface area contributed by atoms with Crippen molar-refractivity contribution in [2.75, 3.05) is 19.7 Å². The molecule has 1 aromatic heterocycles. The summed E-state index contributed by atoms with van der Waals surface area (Å²) in [5.74, 6) is 1.51. The van der Waals surface area contributed by atoms with Crippen molar-refractivity contribution in [1.82, 2.24) is 9.88 Å². The van der Waals surface area contributed by atoms with Gasteiger partial charge in [0.05, 0.1) is 18.2 Å². The normalized spacial score (nSPS) is 34.0. The summed E-state index contributed by atoms with van der Waals surface area (Å²) in [7, 11) is 0. The molecule has 3 aliphatic heterocycles. The second kappa shape index (κ2) is 6.75. The summed E-state index contributed by atoms with van der Waals surface area (Å²) < 4.78 is 5.69. The van der Waals surface area contributed by atoms with E-state index < -0.39 is 6.10 Å². The maximum Gasteiger partial charge on any atom is 0.120 e. The fourth-order valence-electron chi connectivity index (χ4n) is 5.38. The smallest absolute Gasteiger partial charge is 0.120 e. The SMILES string of the molecule is CCOc1ccc2nccc([C@@H](O)[C@]3(C)CC4CCN3C[C@]4(C)CC)c2c1. The molecule has 0 amide bonds. The van der Waals surface area contributed by atoms with Crippen LogP contribution in [0.2, 0.25) is 0 Å². The van der Waals surface area contributed by atoms with Crippen LogP contribution in [-0.4, -0.2) is 40.2 Å². The highest BCUT2D eigenvalue weighted by molar-refractivity contribution is 5.84. The number of ether oxygens (including phenoxy) is 1. The number of rotatable bonds is 5. The molecule has 4 heteroatoms. The Morgan fingerprint density at radius 1 is 1.30 bits per heavy atom. The first-order valence-electron chi connectivity index (χ1n) is 10.4. The summed E-state index contributed by atoms with van der Waals surface area (Å²) in [4.78, 5) is 7.04. The van der Waals surface area contributed by atoms with Crippen LogP contribution in [0.1, 0.15) is 58.6 Å². The summed E-state index contributed by atoms with van der Waals surface area (Å²) in [5.41, 5.74) is 2.02. The maximum atomic E-state index is 11.6. The van der Waals surface area contributed by atoms with Crippen molar-refractivity contribution in [3.63, 3.8) is 0 Å². The molecule has 4 nitrogen and oxygen atoms in total. The van der Waals surface area contributed by atoms with Crippen molar-refractivity contribution in [2.45, 2.75) is 58.6 Å². The average Bonchev–Trinajstić information content (AvgIpc) is 2.68. The number of aliphatic hydroxyl groups is 1. The molecule has 0 radical (unpaired) electrons. The van der Waals surface area contributed by atoms with Gasteiger partial charge in [0.2, 0.25) is 0 Å². The molecule has 5 rings (SSSR count). The Hall–Kier alpha value is -1.65. The van der Waals surface area contributed by atoms with Gasteiger partial charge in [-0.1, -0.05) is 13.8 Å². The highest BCUT2D eigenvalue weighted by atomic mass is 16.5. The minimum absolute atomic E-state index is 0.229. The van der Waals surface area contributed by atoms with E-state index in [1.165, 1.54) is 12.8 Å². The molecular weight excluding hydrogens is 336 g/mol. The third-order valence-corrected chi connectivity index (χ3v) is 7.42. The lowest BCUT2D eigenvalue weighted by atomic mass is 9.59. The van der Waals surface area contributed by atoms with Gasteiger partial charge >= 0.3 is 0 Å². The number of hydrogen-bond donors (Lipinski definition) is 1. The standard InChI is InChI=1S/C23H32N2O2/c1-5-22(3)15-25-12-10-16(22)14-23(25,4)21(26)18-9-11-24-20-8-7-17(27-6-2)13-19(18)20/h7-9,11,13,16,21,26H,5-6,10,12,14-15H2,1-4H3/t16?,21-,22+,23+/m1/s1. The highest BCUT2D eigenvalue weighted by Crippen LogP contribution is 2.54. The second-order valence-electron chi connectivity index (χ2n) is 8.89. The molecule has 2 aromatic rings. The van der Waals surface area contributed by atoms with Gasteiger partial charge in [0, 0.05) is 23.7 Å². The Balaban J connectivity index is 1.73. The van der Waals surface area contributed by atoms with Gasteiger partial charge in [-0.25, -0.2) is 0 Å². The Labute approximate surface area is 162 Å².